The lowest BCUT2D eigenvalue weighted by molar-refractivity contribution is 0.0698. The molecule has 2 N–H and O–H groups in total. The van der Waals surface area contributed by atoms with Crippen LogP contribution in [0.3, 0.4) is 0 Å². The van der Waals surface area contributed by atoms with Crippen molar-refractivity contribution in [2.45, 2.75) is 19.8 Å². The average Bonchev–Trinajstić information content (AvgIpc) is 2.39. The number of hydrogen-bond donors (Lipinski definition) is 2. The van der Waals surface area contributed by atoms with E-state index in [9.17, 15) is 4.79 Å². The van der Waals surface area contributed by atoms with Crippen LogP contribution in [0.2, 0.25) is 0 Å². The number of carboxylic acids is 1. The van der Waals surface area contributed by atoms with E-state index in [2.05, 4.69) is 31.3 Å². The van der Waals surface area contributed by atoms with Crippen LogP contribution in [0, 0.1) is 0 Å². The number of para-hydroxylation sites is 1. The van der Waals surface area contributed by atoms with E-state index in [4.69, 9.17) is 5.11 Å². The summed E-state index contributed by atoms with van der Waals surface area (Å²) in [7, 11) is 0. The van der Waals surface area contributed by atoms with Crippen molar-refractivity contribution in [3.05, 3.63) is 59.7 Å². The van der Waals surface area contributed by atoms with Crippen molar-refractivity contribution >= 4 is 17.3 Å². The van der Waals surface area contributed by atoms with Crippen molar-refractivity contribution in [2.75, 3.05) is 5.32 Å². The first kappa shape index (κ1) is 13.1. The van der Waals surface area contributed by atoms with E-state index in [1.807, 2.05) is 18.2 Å². The quantitative estimate of drug-likeness (QED) is 0.858. The van der Waals surface area contributed by atoms with E-state index in [0.29, 0.717) is 11.6 Å². The summed E-state index contributed by atoms with van der Waals surface area (Å²) in [6, 6.07) is 14.9. The highest BCUT2D eigenvalue weighted by molar-refractivity contribution is 5.95. The van der Waals surface area contributed by atoms with Crippen LogP contribution in [0.15, 0.2) is 48.5 Å². The first-order valence-electron chi connectivity index (χ1n) is 6.27. The Morgan fingerprint density at radius 1 is 1.05 bits per heavy atom. The number of carbonyl (C=O) groups is 1. The highest BCUT2D eigenvalue weighted by Crippen LogP contribution is 2.23. The topological polar surface area (TPSA) is 49.3 Å². The Kier molecular flexibility index (Phi) is 3.85. The number of anilines is 2. The fourth-order valence-electron chi connectivity index (χ4n) is 1.89. The fourth-order valence-corrected chi connectivity index (χ4v) is 1.89. The zero-order chi connectivity index (χ0) is 13.8. The van der Waals surface area contributed by atoms with Crippen LogP contribution in [0.25, 0.3) is 0 Å². The second-order valence-electron chi connectivity index (χ2n) is 4.75. The van der Waals surface area contributed by atoms with Gasteiger partial charge in [-0.1, -0.05) is 38.1 Å². The van der Waals surface area contributed by atoms with Crippen molar-refractivity contribution in [3.8, 4) is 0 Å². The van der Waals surface area contributed by atoms with E-state index in [1.54, 1.807) is 18.2 Å². The van der Waals surface area contributed by atoms with Gasteiger partial charge < -0.3 is 10.4 Å². The van der Waals surface area contributed by atoms with Gasteiger partial charge in [-0.3, -0.25) is 0 Å². The summed E-state index contributed by atoms with van der Waals surface area (Å²) in [4.78, 5) is 11.1. The Bertz CT molecular complexity index is 574. The summed E-state index contributed by atoms with van der Waals surface area (Å²) >= 11 is 0. The van der Waals surface area contributed by atoms with Crippen molar-refractivity contribution in [1.29, 1.82) is 0 Å². The zero-order valence-electron chi connectivity index (χ0n) is 11.1. The van der Waals surface area contributed by atoms with E-state index in [1.165, 1.54) is 5.56 Å². The lowest BCUT2D eigenvalue weighted by atomic mass is 10.0. The predicted octanol–water partition coefficient (Wildman–Crippen LogP) is 4.25. The molecule has 0 saturated heterocycles. The molecule has 98 valence electrons. The van der Waals surface area contributed by atoms with Gasteiger partial charge in [0.05, 0.1) is 11.3 Å². The van der Waals surface area contributed by atoms with Crippen molar-refractivity contribution in [1.82, 2.24) is 0 Å². The molecule has 0 heterocycles. The Morgan fingerprint density at radius 3 is 2.26 bits per heavy atom. The van der Waals surface area contributed by atoms with Crippen LogP contribution < -0.4 is 5.32 Å². The van der Waals surface area contributed by atoms with Gasteiger partial charge in [-0.2, -0.15) is 0 Å². The van der Waals surface area contributed by atoms with Crippen LogP contribution >= 0.6 is 0 Å². The molecule has 0 fully saturated rings. The van der Waals surface area contributed by atoms with Crippen LogP contribution in [0.5, 0.6) is 0 Å². The number of aromatic carboxylic acids is 1. The third-order valence-electron chi connectivity index (χ3n) is 3.01. The van der Waals surface area contributed by atoms with Gasteiger partial charge >= 0.3 is 5.97 Å². The van der Waals surface area contributed by atoms with Crippen LogP contribution in [-0.2, 0) is 0 Å². The minimum atomic E-state index is -0.929. The molecular weight excluding hydrogens is 238 g/mol. The predicted molar refractivity (Wildman–Crippen MR) is 77.2 cm³/mol. The monoisotopic (exact) mass is 255 g/mol. The standard InChI is InChI=1S/C16H17NO2/c1-11(2)12-7-9-13(10-8-12)17-15-6-4-3-5-14(15)16(18)19/h3-11,17H,1-2H3,(H,18,19). The molecule has 0 amide bonds. The second-order valence-corrected chi connectivity index (χ2v) is 4.75. The molecule has 3 nitrogen and oxygen atoms in total. The summed E-state index contributed by atoms with van der Waals surface area (Å²) in [6.45, 7) is 4.28. The number of rotatable bonds is 4. The largest absolute Gasteiger partial charge is 0.478 e. The summed E-state index contributed by atoms with van der Waals surface area (Å²) in [5.74, 6) is -0.442. The lowest BCUT2D eigenvalue weighted by Crippen LogP contribution is -2.02. The van der Waals surface area contributed by atoms with Gasteiger partial charge in [0.25, 0.3) is 0 Å². The second kappa shape index (κ2) is 5.57. The van der Waals surface area contributed by atoms with Gasteiger partial charge in [-0.25, -0.2) is 4.79 Å². The van der Waals surface area contributed by atoms with Crippen LogP contribution in [0.4, 0.5) is 11.4 Å². The van der Waals surface area contributed by atoms with E-state index >= 15 is 0 Å². The molecule has 2 aromatic rings. The molecular formula is C16H17NO2. The Labute approximate surface area is 112 Å². The average molecular weight is 255 g/mol. The molecule has 0 atom stereocenters. The minimum Gasteiger partial charge on any atom is -0.478 e. The molecule has 2 aromatic carbocycles. The maximum Gasteiger partial charge on any atom is 0.337 e. The molecule has 0 bridgehead atoms. The van der Waals surface area contributed by atoms with Gasteiger partial charge in [0.15, 0.2) is 0 Å². The Hall–Kier alpha value is -2.29. The first-order valence-corrected chi connectivity index (χ1v) is 6.27. The Morgan fingerprint density at radius 2 is 1.68 bits per heavy atom. The van der Waals surface area contributed by atoms with Gasteiger partial charge in [-0.15, -0.1) is 0 Å². The minimum absolute atomic E-state index is 0.274. The number of nitrogens with one attached hydrogen (secondary N) is 1. The fraction of sp³-hybridized carbons (Fsp3) is 0.188. The highest BCUT2D eigenvalue weighted by Gasteiger charge is 2.08. The molecule has 0 radical (unpaired) electrons. The molecule has 2 rings (SSSR count). The van der Waals surface area contributed by atoms with Gasteiger partial charge in [0, 0.05) is 5.69 Å². The van der Waals surface area contributed by atoms with Crippen LogP contribution in [-0.4, -0.2) is 11.1 Å². The zero-order valence-corrected chi connectivity index (χ0v) is 11.1. The van der Waals surface area contributed by atoms with Gasteiger partial charge in [0.2, 0.25) is 0 Å². The van der Waals surface area contributed by atoms with Crippen molar-refractivity contribution in [3.63, 3.8) is 0 Å². The van der Waals surface area contributed by atoms with Gasteiger partial charge in [0.1, 0.15) is 0 Å². The maximum absolute atomic E-state index is 11.1. The maximum atomic E-state index is 11.1. The molecule has 3 heteroatoms. The van der Waals surface area contributed by atoms with Gasteiger partial charge in [-0.05, 0) is 35.7 Å². The number of benzene rings is 2. The summed E-state index contributed by atoms with van der Waals surface area (Å²) in [5.41, 5.74) is 3.03. The molecule has 0 unspecified atom stereocenters. The molecule has 19 heavy (non-hydrogen) atoms. The normalized spacial score (nSPS) is 10.5. The van der Waals surface area contributed by atoms with Crippen molar-refractivity contribution in [2.24, 2.45) is 0 Å². The van der Waals surface area contributed by atoms with Crippen molar-refractivity contribution < 1.29 is 9.90 Å². The van der Waals surface area contributed by atoms with E-state index in [-0.39, 0.29) is 5.56 Å². The third-order valence-corrected chi connectivity index (χ3v) is 3.01. The number of carboxylic acid groups (broad SMARTS) is 1. The SMILES string of the molecule is CC(C)c1ccc(Nc2ccccc2C(=O)O)cc1. The van der Waals surface area contributed by atoms with E-state index in [0.717, 1.165) is 5.69 Å². The van der Waals surface area contributed by atoms with E-state index < -0.39 is 5.97 Å². The smallest absolute Gasteiger partial charge is 0.337 e. The molecule has 0 spiro atoms. The number of hydrogen-bond acceptors (Lipinski definition) is 2. The summed E-state index contributed by atoms with van der Waals surface area (Å²) in [5, 5.41) is 12.3. The summed E-state index contributed by atoms with van der Waals surface area (Å²) in [6.07, 6.45) is 0. The molecule has 0 saturated carbocycles. The summed E-state index contributed by atoms with van der Waals surface area (Å²) < 4.78 is 0. The molecule has 0 aliphatic rings. The lowest BCUT2D eigenvalue weighted by Gasteiger charge is -2.11. The van der Waals surface area contributed by atoms with Crippen LogP contribution in [0.1, 0.15) is 35.7 Å². The highest BCUT2D eigenvalue weighted by atomic mass is 16.4. The molecule has 0 aliphatic heterocycles. The third kappa shape index (κ3) is 3.13. The molecule has 0 aromatic heterocycles. The Balaban J connectivity index is 2.24. The first-order chi connectivity index (χ1) is 9.08. The molecule has 0 aliphatic carbocycles.